The number of amides is 1. The maximum absolute atomic E-state index is 12.7. The van der Waals surface area contributed by atoms with Crippen LogP contribution in [-0.4, -0.2) is 20.5 Å². The van der Waals surface area contributed by atoms with Gasteiger partial charge in [0.05, 0.1) is 11.4 Å². The van der Waals surface area contributed by atoms with E-state index in [1.54, 1.807) is 23.9 Å². The maximum atomic E-state index is 12.7. The number of anilines is 1. The first kappa shape index (κ1) is 22.8. The summed E-state index contributed by atoms with van der Waals surface area (Å²) in [4.78, 5) is 31.7. The molecule has 1 fully saturated rings. The van der Waals surface area contributed by atoms with Gasteiger partial charge in [0.1, 0.15) is 5.01 Å². The Hall–Kier alpha value is -2.97. The number of nitrogens with zero attached hydrogens (tertiary/aromatic N) is 3. The number of rotatable bonds is 6. The van der Waals surface area contributed by atoms with E-state index in [0.29, 0.717) is 27.9 Å². The minimum absolute atomic E-state index is 0.139. The molecule has 1 N–H and O–H groups in total. The molecule has 0 radical (unpaired) electrons. The molecule has 4 aromatic rings. The van der Waals surface area contributed by atoms with E-state index < -0.39 is 0 Å². The number of carbonyl (C=O) groups excluding carboxylic acids is 1. The van der Waals surface area contributed by atoms with Crippen molar-refractivity contribution in [2.45, 2.75) is 55.6 Å². The number of aromatic nitrogens is 3. The van der Waals surface area contributed by atoms with E-state index in [4.69, 9.17) is 4.98 Å². The fourth-order valence-corrected chi connectivity index (χ4v) is 6.28. The fourth-order valence-electron chi connectivity index (χ4n) is 4.29. The lowest BCUT2D eigenvalue weighted by atomic mass is 9.90. The Balaban J connectivity index is 1.32. The number of hydrogen-bond acceptors (Lipinski definition) is 6. The minimum atomic E-state index is -0.144. The Kier molecular flexibility index (Phi) is 6.78. The second kappa shape index (κ2) is 10.1. The highest BCUT2D eigenvalue weighted by Gasteiger charge is 2.21. The standard InChI is InChI=1S/C26H26N4O2S2/c1-17-8-7-11-19(14-17)24(32)28-21-12-5-6-13-22(21)33-16-20-15-23(31)30-26(27-20)34-25(29-30)18-9-3-2-4-10-18/h5-8,11-15,18H,2-4,9-10,16H2,1H3,(H,28,32). The highest BCUT2D eigenvalue weighted by atomic mass is 32.2. The maximum Gasteiger partial charge on any atom is 0.275 e. The zero-order chi connectivity index (χ0) is 23.5. The molecule has 5 rings (SSSR count). The molecule has 0 spiro atoms. The molecule has 1 aliphatic rings. The van der Waals surface area contributed by atoms with Crippen LogP contribution in [0.1, 0.15) is 64.6 Å². The molecule has 0 bridgehead atoms. The normalized spacial score (nSPS) is 14.4. The average molecular weight is 491 g/mol. The lowest BCUT2D eigenvalue weighted by Gasteiger charge is -2.18. The molecule has 1 aliphatic carbocycles. The largest absolute Gasteiger partial charge is 0.321 e. The highest BCUT2D eigenvalue weighted by Crippen LogP contribution is 2.35. The fraction of sp³-hybridized carbons (Fsp3) is 0.308. The van der Waals surface area contributed by atoms with Crippen LogP contribution in [0.15, 0.2) is 64.3 Å². The molecule has 1 saturated carbocycles. The summed E-state index contributed by atoms with van der Waals surface area (Å²) in [6, 6.07) is 16.8. The molecular formula is C26H26N4O2S2. The van der Waals surface area contributed by atoms with Crippen molar-refractivity contribution < 1.29 is 4.79 Å². The van der Waals surface area contributed by atoms with E-state index in [2.05, 4.69) is 10.4 Å². The van der Waals surface area contributed by atoms with Crippen molar-refractivity contribution in [3.05, 3.63) is 86.8 Å². The molecule has 6 nitrogen and oxygen atoms in total. The van der Waals surface area contributed by atoms with Crippen molar-refractivity contribution >= 4 is 39.7 Å². The first-order valence-corrected chi connectivity index (χ1v) is 13.4. The van der Waals surface area contributed by atoms with E-state index >= 15 is 0 Å². The molecule has 1 amide bonds. The zero-order valence-electron chi connectivity index (χ0n) is 19.0. The number of fused-ring (bicyclic) bond motifs is 1. The van der Waals surface area contributed by atoms with Gasteiger partial charge in [0.25, 0.3) is 11.5 Å². The van der Waals surface area contributed by atoms with Crippen molar-refractivity contribution in [2.75, 3.05) is 5.32 Å². The summed E-state index contributed by atoms with van der Waals surface area (Å²) in [7, 11) is 0. The van der Waals surface area contributed by atoms with Crippen LogP contribution in [0.25, 0.3) is 4.96 Å². The monoisotopic (exact) mass is 490 g/mol. The van der Waals surface area contributed by atoms with Crippen LogP contribution in [0.3, 0.4) is 0 Å². The summed E-state index contributed by atoms with van der Waals surface area (Å²) in [5, 5.41) is 8.63. The van der Waals surface area contributed by atoms with Gasteiger partial charge < -0.3 is 5.32 Å². The first-order chi connectivity index (χ1) is 16.6. The Labute approximate surface area is 206 Å². The van der Waals surface area contributed by atoms with E-state index in [-0.39, 0.29) is 11.5 Å². The number of aryl methyl sites for hydroxylation is 1. The summed E-state index contributed by atoms with van der Waals surface area (Å²) in [6.07, 6.45) is 6.02. The third-order valence-electron chi connectivity index (χ3n) is 6.06. The lowest BCUT2D eigenvalue weighted by molar-refractivity contribution is 0.102. The summed E-state index contributed by atoms with van der Waals surface area (Å²) in [5.41, 5.74) is 2.99. The van der Waals surface area contributed by atoms with Gasteiger partial charge in [-0.25, -0.2) is 4.98 Å². The van der Waals surface area contributed by atoms with Gasteiger partial charge >= 0.3 is 0 Å². The van der Waals surface area contributed by atoms with Crippen LogP contribution >= 0.6 is 23.1 Å². The molecule has 2 aromatic heterocycles. The SMILES string of the molecule is Cc1cccc(C(=O)Nc2ccccc2SCc2cc(=O)n3nc(C4CCCCC4)sc3n2)c1. The molecule has 0 saturated heterocycles. The molecule has 0 atom stereocenters. The molecule has 2 heterocycles. The average Bonchev–Trinajstić information content (AvgIpc) is 3.29. The smallest absolute Gasteiger partial charge is 0.275 e. The summed E-state index contributed by atoms with van der Waals surface area (Å²) in [5.74, 6) is 0.829. The summed E-state index contributed by atoms with van der Waals surface area (Å²) >= 11 is 3.09. The molecular weight excluding hydrogens is 464 g/mol. The van der Waals surface area contributed by atoms with E-state index in [0.717, 1.165) is 34.0 Å². The van der Waals surface area contributed by atoms with Gasteiger partial charge in [-0.2, -0.15) is 9.61 Å². The van der Waals surface area contributed by atoms with E-state index in [1.165, 1.54) is 35.1 Å². The van der Waals surface area contributed by atoms with Crippen LogP contribution in [0.5, 0.6) is 0 Å². The molecule has 8 heteroatoms. The van der Waals surface area contributed by atoms with Crippen LogP contribution in [-0.2, 0) is 5.75 Å². The number of carbonyl (C=O) groups is 1. The van der Waals surface area contributed by atoms with E-state index in [9.17, 15) is 9.59 Å². The van der Waals surface area contributed by atoms with Crippen LogP contribution in [0, 0.1) is 6.92 Å². The minimum Gasteiger partial charge on any atom is -0.321 e. The van der Waals surface area contributed by atoms with Gasteiger partial charge in [0.2, 0.25) is 4.96 Å². The predicted octanol–water partition coefficient (Wildman–Crippen LogP) is 6.05. The summed E-state index contributed by atoms with van der Waals surface area (Å²) < 4.78 is 1.44. The lowest BCUT2D eigenvalue weighted by Crippen LogP contribution is -2.16. The number of nitrogens with one attached hydrogen (secondary N) is 1. The number of thioether (sulfide) groups is 1. The first-order valence-electron chi connectivity index (χ1n) is 11.6. The second-order valence-electron chi connectivity index (χ2n) is 8.66. The van der Waals surface area contributed by atoms with Crippen LogP contribution < -0.4 is 10.9 Å². The Morgan fingerprint density at radius 1 is 1.12 bits per heavy atom. The topological polar surface area (TPSA) is 76.4 Å². The number of para-hydroxylation sites is 1. The van der Waals surface area contributed by atoms with Crippen LogP contribution in [0.2, 0.25) is 0 Å². The Morgan fingerprint density at radius 3 is 2.76 bits per heavy atom. The van der Waals surface area contributed by atoms with Crippen molar-refractivity contribution in [3.8, 4) is 0 Å². The number of benzene rings is 2. The van der Waals surface area contributed by atoms with Gasteiger partial charge in [-0.05, 0) is 44.0 Å². The van der Waals surface area contributed by atoms with Gasteiger partial charge in [-0.3, -0.25) is 9.59 Å². The van der Waals surface area contributed by atoms with Gasteiger partial charge in [0.15, 0.2) is 0 Å². The van der Waals surface area contributed by atoms with Gasteiger partial charge in [0, 0.05) is 28.2 Å². The summed E-state index contributed by atoms with van der Waals surface area (Å²) in [6.45, 7) is 1.97. The van der Waals surface area contributed by atoms with E-state index in [1.807, 2.05) is 49.4 Å². The van der Waals surface area contributed by atoms with Crippen molar-refractivity contribution in [1.82, 2.24) is 14.6 Å². The quantitative estimate of drug-likeness (QED) is 0.333. The van der Waals surface area contributed by atoms with Crippen molar-refractivity contribution in [3.63, 3.8) is 0 Å². The second-order valence-corrected chi connectivity index (χ2v) is 10.7. The van der Waals surface area contributed by atoms with Crippen molar-refractivity contribution in [2.24, 2.45) is 0 Å². The Bertz CT molecular complexity index is 1390. The molecule has 2 aromatic carbocycles. The molecule has 0 unspecified atom stereocenters. The third-order valence-corrected chi connectivity index (χ3v) is 8.24. The molecule has 34 heavy (non-hydrogen) atoms. The van der Waals surface area contributed by atoms with Crippen molar-refractivity contribution in [1.29, 1.82) is 0 Å². The Morgan fingerprint density at radius 2 is 1.94 bits per heavy atom. The highest BCUT2D eigenvalue weighted by molar-refractivity contribution is 7.98. The van der Waals surface area contributed by atoms with Crippen LogP contribution in [0.4, 0.5) is 5.69 Å². The number of hydrogen-bond donors (Lipinski definition) is 1. The van der Waals surface area contributed by atoms with Gasteiger partial charge in [-0.1, -0.05) is 60.4 Å². The third kappa shape index (κ3) is 5.08. The molecule has 0 aliphatic heterocycles. The zero-order valence-corrected chi connectivity index (χ0v) is 20.6. The molecule has 174 valence electrons. The predicted molar refractivity (Wildman–Crippen MR) is 138 cm³/mol. The van der Waals surface area contributed by atoms with Gasteiger partial charge in [-0.15, -0.1) is 11.8 Å².